The van der Waals surface area contributed by atoms with Gasteiger partial charge in [0.1, 0.15) is 5.82 Å². The Morgan fingerprint density at radius 1 is 1.24 bits per heavy atom. The molecule has 0 saturated heterocycles. The molecule has 0 N–H and O–H groups in total. The molecule has 0 aliphatic rings. The van der Waals surface area contributed by atoms with Gasteiger partial charge in [-0.1, -0.05) is 6.07 Å². The van der Waals surface area contributed by atoms with Crippen LogP contribution in [0.4, 0.5) is 0 Å². The van der Waals surface area contributed by atoms with Gasteiger partial charge >= 0.3 is 11.9 Å². The molecule has 2 rings (SSSR count). The van der Waals surface area contributed by atoms with E-state index in [-0.39, 0.29) is 17.3 Å². The van der Waals surface area contributed by atoms with E-state index in [2.05, 4.69) is 9.72 Å². The summed E-state index contributed by atoms with van der Waals surface area (Å²) in [6.45, 7) is 1.19. The third-order valence-corrected chi connectivity index (χ3v) is 2.55. The summed E-state index contributed by atoms with van der Waals surface area (Å²) in [5.74, 6) is -1.15. The first-order chi connectivity index (χ1) is 10.0. The van der Waals surface area contributed by atoms with E-state index in [1.54, 1.807) is 18.2 Å². The number of carbonyl (C=O) groups excluding carboxylic acids is 2. The number of ether oxygens (including phenoxy) is 2. The van der Waals surface area contributed by atoms with Gasteiger partial charge < -0.3 is 9.47 Å². The van der Waals surface area contributed by atoms with E-state index in [0.717, 1.165) is 10.6 Å². The lowest BCUT2D eigenvalue weighted by molar-refractivity contribution is -0.132. The molecule has 0 unspecified atom stereocenters. The molecule has 0 aromatic carbocycles. The zero-order valence-corrected chi connectivity index (χ0v) is 11.4. The molecule has 108 valence electrons. The van der Waals surface area contributed by atoms with Crippen molar-refractivity contribution in [1.29, 1.82) is 0 Å². The zero-order chi connectivity index (χ0) is 15.4. The third-order valence-electron chi connectivity index (χ3n) is 2.55. The van der Waals surface area contributed by atoms with Crippen molar-refractivity contribution in [1.82, 2.24) is 9.55 Å². The molecule has 0 atom stereocenters. The second-order valence-electron chi connectivity index (χ2n) is 4.03. The van der Waals surface area contributed by atoms with Gasteiger partial charge in [0, 0.05) is 25.3 Å². The Hall–Kier alpha value is -2.96. The maximum atomic E-state index is 12.2. The number of nitrogens with zero attached hydrogens (tertiary/aromatic N) is 2. The maximum absolute atomic E-state index is 12.2. The number of hydrogen-bond donors (Lipinski definition) is 0. The van der Waals surface area contributed by atoms with Gasteiger partial charge in [0.15, 0.2) is 0 Å². The van der Waals surface area contributed by atoms with Gasteiger partial charge in [0.25, 0.3) is 5.56 Å². The van der Waals surface area contributed by atoms with Gasteiger partial charge in [-0.05, 0) is 12.1 Å². The summed E-state index contributed by atoms with van der Waals surface area (Å²) in [4.78, 5) is 38.9. The lowest BCUT2D eigenvalue weighted by Crippen LogP contribution is -2.23. The molecular weight excluding hydrogens is 276 g/mol. The van der Waals surface area contributed by atoms with Gasteiger partial charge in [0.05, 0.1) is 12.7 Å². The monoisotopic (exact) mass is 288 g/mol. The van der Waals surface area contributed by atoms with Crippen LogP contribution in [0.2, 0.25) is 0 Å². The van der Waals surface area contributed by atoms with E-state index in [0.29, 0.717) is 0 Å². The number of esters is 2. The van der Waals surface area contributed by atoms with Gasteiger partial charge in [-0.25, -0.2) is 14.3 Å². The number of rotatable bonds is 3. The van der Waals surface area contributed by atoms with Gasteiger partial charge in [-0.3, -0.25) is 9.59 Å². The van der Waals surface area contributed by atoms with Crippen molar-refractivity contribution in [2.45, 2.75) is 6.92 Å². The van der Waals surface area contributed by atoms with Crippen LogP contribution in [-0.2, 0) is 9.53 Å². The molecule has 7 nitrogen and oxygen atoms in total. The highest BCUT2D eigenvalue weighted by atomic mass is 16.5. The Morgan fingerprint density at radius 2 is 2.00 bits per heavy atom. The Bertz CT molecular complexity index is 737. The minimum Gasteiger partial charge on any atom is -0.465 e. The van der Waals surface area contributed by atoms with Crippen molar-refractivity contribution >= 4 is 11.9 Å². The summed E-state index contributed by atoms with van der Waals surface area (Å²) in [5, 5.41) is 0. The first-order valence-corrected chi connectivity index (χ1v) is 5.98. The average molecular weight is 288 g/mol. The van der Waals surface area contributed by atoms with Gasteiger partial charge in [-0.2, -0.15) is 0 Å². The van der Waals surface area contributed by atoms with Crippen molar-refractivity contribution in [3.8, 4) is 11.7 Å². The molecule has 2 aromatic rings. The molecule has 0 amide bonds. The lowest BCUT2D eigenvalue weighted by Gasteiger charge is -2.12. The van der Waals surface area contributed by atoms with Crippen LogP contribution in [0.1, 0.15) is 17.3 Å². The normalized spacial score (nSPS) is 10.0. The fourth-order valence-electron chi connectivity index (χ4n) is 1.72. The molecule has 0 bridgehead atoms. The zero-order valence-electron chi connectivity index (χ0n) is 11.4. The summed E-state index contributed by atoms with van der Waals surface area (Å²) in [7, 11) is 1.19. The minimum atomic E-state index is -0.700. The summed E-state index contributed by atoms with van der Waals surface area (Å²) in [6.07, 6.45) is 1.49. The van der Waals surface area contributed by atoms with Crippen LogP contribution in [-0.4, -0.2) is 28.6 Å². The van der Waals surface area contributed by atoms with Crippen molar-refractivity contribution < 1.29 is 19.1 Å². The molecule has 0 spiro atoms. The molecule has 2 aromatic heterocycles. The Labute approximate surface area is 119 Å². The van der Waals surface area contributed by atoms with Crippen LogP contribution in [0.25, 0.3) is 5.82 Å². The average Bonchev–Trinajstić information content (AvgIpc) is 2.46. The highest BCUT2D eigenvalue weighted by Gasteiger charge is 2.16. The number of aromatic nitrogens is 2. The van der Waals surface area contributed by atoms with E-state index < -0.39 is 17.5 Å². The molecule has 0 radical (unpaired) electrons. The van der Waals surface area contributed by atoms with Crippen LogP contribution >= 0.6 is 0 Å². The van der Waals surface area contributed by atoms with Gasteiger partial charge in [0.2, 0.25) is 5.88 Å². The molecule has 2 heterocycles. The molecule has 0 aliphatic heterocycles. The highest BCUT2D eigenvalue weighted by molar-refractivity contribution is 5.89. The molecule has 0 fully saturated rings. The van der Waals surface area contributed by atoms with E-state index in [1.807, 2.05) is 0 Å². The van der Waals surface area contributed by atoms with Crippen molar-refractivity contribution in [3.05, 3.63) is 52.4 Å². The largest absolute Gasteiger partial charge is 0.465 e. The lowest BCUT2D eigenvalue weighted by atomic mass is 10.2. The summed E-state index contributed by atoms with van der Waals surface area (Å²) >= 11 is 0. The predicted molar refractivity (Wildman–Crippen MR) is 72.5 cm³/mol. The first-order valence-electron chi connectivity index (χ1n) is 5.98. The maximum Gasteiger partial charge on any atom is 0.338 e. The van der Waals surface area contributed by atoms with E-state index in [9.17, 15) is 14.4 Å². The van der Waals surface area contributed by atoms with Gasteiger partial charge in [-0.15, -0.1) is 0 Å². The number of carbonyl (C=O) groups is 2. The predicted octanol–water partition coefficient (Wildman–Crippen LogP) is 0.944. The molecule has 0 saturated carbocycles. The van der Waals surface area contributed by atoms with Crippen LogP contribution in [0, 0.1) is 0 Å². The highest BCUT2D eigenvalue weighted by Crippen LogP contribution is 2.16. The van der Waals surface area contributed by atoms with Crippen LogP contribution in [0.3, 0.4) is 0 Å². The molecule has 7 heteroatoms. The summed E-state index contributed by atoms with van der Waals surface area (Å²) < 4.78 is 10.6. The second-order valence-corrected chi connectivity index (χ2v) is 4.03. The number of hydrogen-bond acceptors (Lipinski definition) is 6. The van der Waals surface area contributed by atoms with Crippen molar-refractivity contribution in [3.63, 3.8) is 0 Å². The molecular formula is C14H12N2O5. The third kappa shape index (κ3) is 3.14. The fraction of sp³-hybridized carbons (Fsp3) is 0.143. The topological polar surface area (TPSA) is 87.5 Å². The Kier molecular flexibility index (Phi) is 4.13. The van der Waals surface area contributed by atoms with Crippen molar-refractivity contribution in [2.24, 2.45) is 0 Å². The summed E-state index contributed by atoms with van der Waals surface area (Å²) in [6, 6.07) is 7.28. The van der Waals surface area contributed by atoms with Crippen LogP contribution in [0.15, 0.2) is 41.3 Å². The second kappa shape index (κ2) is 6.00. The Morgan fingerprint density at radius 3 is 2.57 bits per heavy atom. The first kappa shape index (κ1) is 14.4. The smallest absolute Gasteiger partial charge is 0.338 e. The van der Waals surface area contributed by atoms with E-state index in [4.69, 9.17) is 4.74 Å². The quantitative estimate of drug-likeness (QED) is 0.781. The van der Waals surface area contributed by atoms with Crippen molar-refractivity contribution in [2.75, 3.05) is 7.11 Å². The molecule has 21 heavy (non-hydrogen) atoms. The summed E-state index contributed by atoms with van der Waals surface area (Å²) in [5.41, 5.74) is -0.571. The minimum absolute atomic E-state index is 0.00840. The Balaban J connectivity index is 2.66. The van der Waals surface area contributed by atoms with Crippen LogP contribution in [0.5, 0.6) is 5.88 Å². The molecule has 0 aliphatic carbocycles. The van der Waals surface area contributed by atoms with E-state index >= 15 is 0 Å². The van der Waals surface area contributed by atoms with E-state index in [1.165, 1.54) is 26.3 Å². The standard InChI is InChI=1S/C14H12N2O5/c1-9(17)21-13-8-10(14(19)20-2)7-12(18)16(13)11-5-3-4-6-15-11/h3-8H,1-2H3. The number of methoxy groups -OCH3 is 1. The number of pyridine rings is 2. The van der Waals surface area contributed by atoms with Crippen LogP contribution < -0.4 is 10.3 Å². The SMILES string of the molecule is COC(=O)c1cc(OC(C)=O)n(-c2ccccn2)c(=O)c1. The fourth-order valence-corrected chi connectivity index (χ4v) is 1.72.